The van der Waals surface area contributed by atoms with Gasteiger partial charge in [-0.05, 0) is 29.7 Å². The van der Waals surface area contributed by atoms with Crippen LogP contribution in [-0.4, -0.2) is 47.8 Å². The molecule has 2 rings (SSSR count). The minimum absolute atomic E-state index is 0. The summed E-state index contributed by atoms with van der Waals surface area (Å²) in [5.74, 6) is -0.955. The van der Waals surface area contributed by atoms with Crippen molar-refractivity contribution >= 4 is 47.5 Å². The van der Waals surface area contributed by atoms with Crippen LogP contribution >= 0.6 is 12.4 Å². The van der Waals surface area contributed by atoms with Gasteiger partial charge in [0.1, 0.15) is 0 Å². The summed E-state index contributed by atoms with van der Waals surface area (Å²) in [5, 5.41) is 7.81. The molecule has 28 heavy (non-hydrogen) atoms. The van der Waals surface area contributed by atoms with E-state index in [1.54, 1.807) is 24.3 Å². The molecule has 0 aliphatic carbocycles. The van der Waals surface area contributed by atoms with Gasteiger partial charge < -0.3 is 21.7 Å². The first kappa shape index (κ1) is 23.4. The summed E-state index contributed by atoms with van der Waals surface area (Å²) in [6.45, 7) is 5.64. The van der Waals surface area contributed by atoms with E-state index in [1.807, 2.05) is 20.8 Å². The van der Waals surface area contributed by atoms with Crippen LogP contribution in [-0.2, 0) is 14.4 Å². The third-order valence-corrected chi connectivity index (χ3v) is 4.15. The van der Waals surface area contributed by atoms with Gasteiger partial charge in [-0.15, -0.1) is 12.4 Å². The molecule has 1 aromatic rings. The Bertz CT molecular complexity index is 729. The average molecular weight is 412 g/mol. The molecule has 10 heteroatoms. The van der Waals surface area contributed by atoms with E-state index in [0.29, 0.717) is 11.4 Å². The van der Waals surface area contributed by atoms with Crippen LogP contribution < -0.4 is 21.7 Å². The summed E-state index contributed by atoms with van der Waals surface area (Å²) in [5.41, 5.74) is 6.67. The monoisotopic (exact) mass is 411 g/mol. The highest BCUT2D eigenvalue weighted by atomic mass is 35.5. The van der Waals surface area contributed by atoms with Crippen LogP contribution in [0.4, 0.5) is 16.2 Å². The van der Waals surface area contributed by atoms with Gasteiger partial charge in [0, 0.05) is 24.3 Å². The number of nitrogens with zero attached hydrogens (tertiary/aromatic N) is 1. The van der Waals surface area contributed by atoms with Crippen LogP contribution in [0.25, 0.3) is 0 Å². The lowest BCUT2D eigenvalue weighted by Gasteiger charge is -2.25. The number of anilines is 2. The molecular weight excluding hydrogens is 386 g/mol. The number of hydrogen-bond acceptors (Lipinski definition) is 5. The van der Waals surface area contributed by atoms with Crippen LogP contribution in [0.2, 0.25) is 0 Å². The number of carbonyl (C=O) groups excluding carboxylic acids is 4. The molecule has 1 atom stereocenters. The van der Waals surface area contributed by atoms with Gasteiger partial charge in [-0.2, -0.15) is 0 Å². The molecule has 1 heterocycles. The second kappa shape index (κ2) is 9.52. The zero-order chi connectivity index (χ0) is 20.2. The van der Waals surface area contributed by atoms with E-state index in [9.17, 15) is 19.2 Å². The lowest BCUT2D eigenvalue weighted by molar-refractivity contribution is -0.125. The van der Waals surface area contributed by atoms with Gasteiger partial charge in [0.2, 0.25) is 17.7 Å². The second-order valence-corrected chi connectivity index (χ2v) is 7.41. The number of nitrogens with one attached hydrogen (secondary N) is 3. The smallest absolute Gasteiger partial charge is 0.324 e. The fourth-order valence-electron chi connectivity index (χ4n) is 2.37. The van der Waals surface area contributed by atoms with E-state index < -0.39 is 12.1 Å². The number of urea groups is 1. The molecule has 0 unspecified atom stereocenters. The molecule has 1 aliphatic heterocycles. The number of nitrogens with two attached hydrogens (primary N) is 1. The number of carbonyl (C=O) groups is 4. The Morgan fingerprint density at radius 1 is 1.14 bits per heavy atom. The summed E-state index contributed by atoms with van der Waals surface area (Å²) >= 11 is 0. The summed E-state index contributed by atoms with van der Waals surface area (Å²) < 4.78 is 0. The summed E-state index contributed by atoms with van der Waals surface area (Å²) in [7, 11) is 0. The van der Waals surface area contributed by atoms with Crippen molar-refractivity contribution in [2.75, 3.05) is 23.7 Å². The number of rotatable bonds is 6. The highest BCUT2D eigenvalue weighted by Gasteiger charge is 2.29. The number of imide groups is 1. The zero-order valence-corrected chi connectivity index (χ0v) is 16.9. The Balaban J connectivity index is 0.00000392. The Kier molecular flexibility index (Phi) is 7.95. The van der Waals surface area contributed by atoms with E-state index in [2.05, 4.69) is 16.0 Å². The van der Waals surface area contributed by atoms with Crippen molar-refractivity contribution in [3.05, 3.63) is 24.3 Å². The molecule has 1 fully saturated rings. The van der Waals surface area contributed by atoms with Crippen molar-refractivity contribution in [2.45, 2.75) is 33.2 Å². The average Bonchev–Trinajstić information content (AvgIpc) is 2.91. The van der Waals surface area contributed by atoms with E-state index in [1.165, 1.54) is 0 Å². The van der Waals surface area contributed by atoms with Crippen LogP contribution in [0.15, 0.2) is 24.3 Å². The van der Waals surface area contributed by atoms with Crippen LogP contribution in [0.5, 0.6) is 0 Å². The van der Waals surface area contributed by atoms with Gasteiger partial charge in [-0.1, -0.05) is 20.8 Å². The molecular formula is C18H26ClN5O4. The lowest BCUT2D eigenvalue weighted by atomic mass is 9.87. The summed E-state index contributed by atoms with van der Waals surface area (Å²) in [6, 6.07) is 5.46. The molecule has 5 amide bonds. The first-order chi connectivity index (χ1) is 12.6. The molecule has 0 radical (unpaired) electrons. The SMILES string of the molecule is CC(C)(C)[C@H](N)C(=O)Nc1ccc(NC(=O)CCN2C(=O)CNC2=O)cc1.Cl. The predicted molar refractivity (Wildman–Crippen MR) is 108 cm³/mol. The molecule has 1 saturated heterocycles. The van der Waals surface area contributed by atoms with Crippen molar-refractivity contribution in [3.8, 4) is 0 Å². The lowest BCUT2D eigenvalue weighted by Crippen LogP contribution is -2.45. The van der Waals surface area contributed by atoms with E-state index >= 15 is 0 Å². The van der Waals surface area contributed by atoms with Crippen molar-refractivity contribution in [2.24, 2.45) is 11.1 Å². The highest BCUT2D eigenvalue weighted by Crippen LogP contribution is 2.20. The van der Waals surface area contributed by atoms with Crippen LogP contribution in [0.3, 0.4) is 0 Å². The van der Waals surface area contributed by atoms with Crippen molar-refractivity contribution < 1.29 is 19.2 Å². The standard InChI is InChI=1S/C18H25N5O4.ClH/c1-18(2,3)15(19)16(26)22-12-6-4-11(5-7-12)21-13(24)8-9-23-14(25)10-20-17(23)27;/h4-7,15H,8-10,19H2,1-3H3,(H,20,27)(H,21,24)(H,22,26);1H/t15-;/m1./s1. The normalized spacial score (nSPS) is 14.8. The molecule has 0 bridgehead atoms. The Hall–Kier alpha value is -2.65. The first-order valence-electron chi connectivity index (χ1n) is 8.62. The van der Waals surface area contributed by atoms with Crippen molar-refractivity contribution in [3.63, 3.8) is 0 Å². The third-order valence-electron chi connectivity index (χ3n) is 4.15. The van der Waals surface area contributed by atoms with Gasteiger partial charge in [0.15, 0.2) is 0 Å². The maximum absolute atomic E-state index is 12.1. The van der Waals surface area contributed by atoms with Gasteiger partial charge in [-0.3, -0.25) is 19.3 Å². The maximum Gasteiger partial charge on any atom is 0.324 e. The van der Waals surface area contributed by atoms with Crippen LogP contribution in [0, 0.1) is 5.41 Å². The molecule has 1 aromatic carbocycles. The molecule has 0 saturated carbocycles. The number of hydrogen-bond donors (Lipinski definition) is 4. The fraction of sp³-hybridized carbons (Fsp3) is 0.444. The minimum atomic E-state index is -0.651. The van der Waals surface area contributed by atoms with Crippen LogP contribution in [0.1, 0.15) is 27.2 Å². The predicted octanol–water partition coefficient (Wildman–Crippen LogP) is 1.30. The van der Waals surface area contributed by atoms with Crippen molar-refractivity contribution in [1.29, 1.82) is 0 Å². The number of benzene rings is 1. The Labute approximate surface area is 169 Å². The van der Waals surface area contributed by atoms with Gasteiger partial charge >= 0.3 is 6.03 Å². The molecule has 154 valence electrons. The largest absolute Gasteiger partial charge is 0.329 e. The Morgan fingerprint density at radius 3 is 2.14 bits per heavy atom. The number of amides is 5. The molecule has 9 nitrogen and oxygen atoms in total. The summed E-state index contributed by atoms with van der Waals surface area (Å²) in [4.78, 5) is 48.0. The van der Waals surface area contributed by atoms with Gasteiger partial charge in [0.25, 0.3) is 0 Å². The van der Waals surface area contributed by atoms with E-state index in [4.69, 9.17) is 5.73 Å². The van der Waals surface area contributed by atoms with Gasteiger partial charge in [-0.25, -0.2) is 4.79 Å². The van der Waals surface area contributed by atoms with Crippen molar-refractivity contribution in [1.82, 2.24) is 10.2 Å². The highest BCUT2D eigenvalue weighted by molar-refractivity contribution is 6.02. The second-order valence-electron chi connectivity index (χ2n) is 7.41. The molecule has 0 spiro atoms. The third kappa shape index (κ3) is 6.21. The first-order valence-corrected chi connectivity index (χ1v) is 8.62. The minimum Gasteiger partial charge on any atom is -0.329 e. The molecule has 1 aliphatic rings. The molecule has 0 aromatic heterocycles. The quantitative estimate of drug-likeness (QED) is 0.523. The Morgan fingerprint density at radius 2 is 1.68 bits per heavy atom. The van der Waals surface area contributed by atoms with E-state index in [0.717, 1.165) is 4.90 Å². The zero-order valence-electron chi connectivity index (χ0n) is 16.1. The summed E-state index contributed by atoms with van der Waals surface area (Å²) in [6.07, 6.45) is -0.00190. The number of halogens is 1. The topological polar surface area (TPSA) is 134 Å². The maximum atomic E-state index is 12.1. The van der Waals surface area contributed by atoms with Gasteiger partial charge in [0.05, 0.1) is 12.6 Å². The van der Waals surface area contributed by atoms with E-state index in [-0.39, 0.29) is 55.1 Å². The molecule has 5 N–H and O–H groups in total. The fourth-order valence-corrected chi connectivity index (χ4v) is 2.37.